The van der Waals surface area contributed by atoms with Gasteiger partial charge in [-0.15, -0.1) is 11.3 Å². The van der Waals surface area contributed by atoms with Gasteiger partial charge in [0.2, 0.25) is 0 Å². The largest absolute Gasteiger partial charge is 0.478 e. The van der Waals surface area contributed by atoms with Crippen molar-refractivity contribution in [3.63, 3.8) is 0 Å². The second-order valence-corrected chi connectivity index (χ2v) is 9.86. The normalized spacial score (nSPS) is 14.5. The fraction of sp³-hybridized carbons (Fsp3) is 0.190. The van der Waals surface area contributed by atoms with Crippen LogP contribution in [0, 0.1) is 5.82 Å². The second-order valence-electron chi connectivity index (χ2n) is 7.00. The highest BCUT2D eigenvalue weighted by molar-refractivity contribution is 7.94. The molecule has 1 aliphatic heterocycles. The van der Waals surface area contributed by atoms with Gasteiger partial charge in [0.15, 0.2) is 0 Å². The van der Waals surface area contributed by atoms with Gasteiger partial charge in [0.25, 0.3) is 10.0 Å². The quantitative estimate of drug-likeness (QED) is 0.582. The van der Waals surface area contributed by atoms with Crippen LogP contribution in [0.4, 0.5) is 21.5 Å². The van der Waals surface area contributed by atoms with Crippen LogP contribution in [0.25, 0.3) is 0 Å². The molecule has 2 N–H and O–H groups in total. The number of nitrogens with zero attached hydrogens (tertiary/aromatic N) is 2. The molecule has 4 rings (SSSR count). The fourth-order valence-electron chi connectivity index (χ4n) is 3.53. The predicted octanol–water partition coefficient (Wildman–Crippen LogP) is 3.71. The fourth-order valence-corrected chi connectivity index (χ4v) is 5.59. The summed E-state index contributed by atoms with van der Waals surface area (Å²) >= 11 is 1.08. The van der Waals surface area contributed by atoms with Gasteiger partial charge in [0, 0.05) is 26.2 Å². The Hall–Kier alpha value is -3.11. The average Bonchev–Trinajstić information content (AvgIpc) is 3.30. The standard InChI is InChI=1S/C21H20FN3O4S2/c22-16-4-1-2-5-18(16)24-9-11-25(12-10-24)19-8-7-15(21(26)27)14-17(19)23-31(28,29)20-6-3-13-30-20/h1-8,13-14,23H,9-12H2,(H,26,27). The maximum Gasteiger partial charge on any atom is 0.335 e. The summed E-state index contributed by atoms with van der Waals surface area (Å²) in [5.41, 5.74) is 1.30. The van der Waals surface area contributed by atoms with Crippen LogP contribution in [0.15, 0.2) is 64.2 Å². The van der Waals surface area contributed by atoms with Crippen molar-refractivity contribution in [3.05, 3.63) is 71.4 Å². The van der Waals surface area contributed by atoms with Gasteiger partial charge in [-0.2, -0.15) is 0 Å². The van der Waals surface area contributed by atoms with E-state index in [9.17, 15) is 22.7 Å². The van der Waals surface area contributed by atoms with E-state index in [-0.39, 0.29) is 21.3 Å². The SMILES string of the molecule is O=C(O)c1ccc(N2CCN(c3ccccc3F)CC2)c(NS(=O)(=O)c2cccs2)c1. The molecule has 0 saturated carbocycles. The number of thiophene rings is 1. The first-order valence-corrected chi connectivity index (χ1v) is 11.9. The lowest BCUT2D eigenvalue weighted by Crippen LogP contribution is -2.47. The lowest BCUT2D eigenvalue weighted by molar-refractivity contribution is 0.0697. The number of para-hydroxylation sites is 1. The molecule has 0 aliphatic carbocycles. The third-order valence-corrected chi connectivity index (χ3v) is 7.82. The van der Waals surface area contributed by atoms with Crippen molar-refractivity contribution < 1.29 is 22.7 Å². The number of rotatable bonds is 6. The number of halogens is 1. The highest BCUT2D eigenvalue weighted by Crippen LogP contribution is 2.32. The van der Waals surface area contributed by atoms with E-state index < -0.39 is 16.0 Å². The number of carboxylic acid groups (broad SMARTS) is 1. The van der Waals surface area contributed by atoms with Crippen molar-refractivity contribution in [2.45, 2.75) is 4.21 Å². The zero-order chi connectivity index (χ0) is 22.0. The van der Waals surface area contributed by atoms with E-state index in [1.807, 2.05) is 9.80 Å². The Kier molecular flexibility index (Phi) is 5.84. The molecule has 0 spiro atoms. The third-order valence-electron chi connectivity index (χ3n) is 5.06. The van der Waals surface area contributed by atoms with Crippen LogP contribution in [0.1, 0.15) is 10.4 Å². The number of anilines is 3. The highest BCUT2D eigenvalue weighted by Gasteiger charge is 2.24. The third kappa shape index (κ3) is 4.49. The van der Waals surface area contributed by atoms with E-state index >= 15 is 0 Å². The van der Waals surface area contributed by atoms with Crippen LogP contribution in [0.2, 0.25) is 0 Å². The number of benzene rings is 2. The van der Waals surface area contributed by atoms with E-state index in [0.717, 1.165) is 11.3 Å². The number of carboxylic acids is 1. The molecule has 0 unspecified atom stereocenters. The van der Waals surface area contributed by atoms with Crippen LogP contribution < -0.4 is 14.5 Å². The van der Waals surface area contributed by atoms with Gasteiger partial charge in [0.05, 0.1) is 22.6 Å². The Morgan fingerprint density at radius 1 is 0.968 bits per heavy atom. The van der Waals surface area contributed by atoms with Crippen LogP contribution >= 0.6 is 11.3 Å². The van der Waals surface area contributed by atoms with E-state index in [1.54, 1.807) is 35.7 Å². The van der Waals surface area contributed by atoms with Gasteiger partial charge in [-0.25, -0.2) is 17.6 Å². The summed E-state index contributed by atoms with van der Waals surface area (Å²) in [7, 11) is -3.84. The minimum Gasteiger partial charge on any atom is -0.478 e. The predicted molar refractivity (Wildman–Crippen MR) is 119 cm³/mol. The van der Waals surface area contributed by atoms with Crippen molar-refractivity contribution in [1.29, 1.82) is 0 Å². The molecule has 10 heteroatoms. The smallest absolute Gasteiger partial charge is 0.335 e. The minimum absolute atomic E-state index is 0.0161. The lowest BCUT2D eigenvalue weighted by atomic mass is 10.1. The summed E-state index contributed by atoms with van der Waals surface area (Å²) in [6, 6.07) is 14.1. The summed E-state index contributed by atoms with van der Waals surface area (Å²) in [5, 5.41) is 11.0. The van der Waals surface area contributed by atoms with Crippen molar-refractivity contribution >= 4 is 44.4 Å². The second kappa shape index (κ2) is 8.56. The highest BCUT2D eigenvalue weighted by atomic mass is 32.2. The summed E-state index contributed by atoms with van der Waals surface area (Å²) < 4.78 is 42.3. The van der Waals surface area contributed by atoms with Gasteiger partial charge in [-0.05, 0) is 41.8 Å². The Bertz CT molecular complexity index is 1190. The Balaban J connectivity index is 1.60. The van der Waals surface area contributed by atoms with E-state index in [1.165, 1.54) is 24.3 Å². The Morgan fingerprint density at radius 3 is 2.26 bits per heavy atom. The molecule has 1 aromatic heterocycles. The molecule has 1 saturated heterocycles. The number of nitrogens with one attached hydrogen (secondary N) is 1. The molecule has 0 bridgehead atoms. The van der Waals surface area contributed by atoms with Gasteiger partial charge in [-0.3, -0.25) is 4.72 Å². The molecule has 3 aromatic rings. The number of piperazine rings is 1. The minimum atomic E-state index is -3.84. The molecule has 162 valence electrons. The summed E-state index contributed by atoms with van der Waals surface area (Å²) in [6.07, 6.45) is 0. The number of carbonyl (C=O) groups is 1. The summed E-state index contributed by atoms with van der Waals surface area (Å²) in [4.78, 5) is 15.3. The monoisotopic (exact) mass is 461 g/mol. The summed E-state index contributed by atoms with van der Waals surface area (Å²) in [6.45, 7) is 2.13. The van der Waals surface area contributed by atoms with E-state index in [4.69, 9.17) is 0 Å². The molecule has 0 atom stereocenters. The molecular formula is C21H20FN3O4S2. The van der Waals surface area contributed by atoms with Gasteiger partial charge in [-0.1, -0.05) is 18.2 Å². The maximum absolute atomic E-state index is 14.1. The zero-order valence-corrected chi connectivity index (χ0v) is 18.0. The van der Waals surface area contributed by atoms with E-state index in [2.05, 4.69) is 4.72 Å². The zero-order valence-electron chi connectivity index (χ0n) is 16.4. The molecule has 31 heavy (non-hydrogen) atoms. The van der Waals surface area contributed by atoms with Crippen LogP contribution in [-0.2, 0) is 10.0 Å². The molecule has 2 aromatic carbocycles. The molecule has 1 fully saturated rings. The molecule has 1 aliphatic rings. The van der Waals surface area contributed by atoms with Crippen molar-refractivity contribution in [2.75, 3.05) is 40.7 Å². The Morgan fingerprint density at radius 2 is 1.65 bits per heavy atom. The van der Waals surface area contributed by atoms with Crippen molar-refractivity contribution in [3.8, 4) is 0 Å². The first-order valence-electron chi connectivity index (χ1n) is 9.53. The van der Waals surface area contributed by atoms with Crippen LogP contribution in [0.3, 0.4) is 0 Å². The van der Waals surface area contributed by atoms with E-state index in [0.29, 0.717) is 37.6 Å². The first kappa shape index (κ1) is 21.1. The van der Waals surface area contributed by atoms with Crippen LogP contribution in [0.5, 0.6) is 0 Å². The first-order chi connectivity index (χ1) is 14.8. The summed E-state index contributed by atoms with van der Waals surface area (Å²) in [5.74, 6) is -1.43. The average molecular weight is 462 g/mol. The lowest BCUT2D eigenvalue weighted by Gasteiger charge is -2.38. The van der Waals surface area contributed by atoms with Crippen molar-refractivity contribution in [2.24, 2.45) is 0 Å². The molecule has 7 nitrogen and oxygen atoms in total. The maximum atomic E-state index is 14.1. The molecule has 0 radical (unpaired) electrons. The molecule has 2 heterocycles. The van der Waals surface area contributed by atoms with Gasteiger partial charge < -0.3 is 14.9 Å². The topological polar surface area (TPSA) is 89.9 Å². The molecular weight excluding hydrogens is 441 g/mol. The van der Waals surface area contributed by atoms with Gasteiger partial charge in [0.1, 0.15) is 10.0 Å². The number of hydrogen-bond donors (Lipinski definition) is 2. The van der Waals surface area contributed by atoms with Crippen molar-refractivity contribution in [1.82, 2.24) is 0 Å². The van der Waals surface area contributed by atoms with Crippen LogP contribution in [-0.4, -0.2) is 45.7 Å². The Labute approximate surface area is 183 Å². The van der Waals surface area contributed by atoms with Gasteiger partial charge >= 0.3 is 5.97 Å². The number of hydrogen-bond acceptors (Lipinski definition) is 6. The number of sulfonamides is 1. The number of aromatic carboxylic acids is 1. The molecule has 0 amide bonds.